The van der Waals surface area contributed by atoms with Gasteiger partial charge in [-0.25, -0.2) is 0 Å². The molecule has 7 heteroatoms. The average molecular weight is 660 g/mol. The fourth-order valence-electron chi connectivity index (χ4n) is 7.81. The summed E-state index contributed by atoms with van der Waals surface area (Å²) in [5.74, 6) is 0.0690. The van der Waals surface area contributed by atoms with E-state index in [2.05, 4.69) is 70.6 Å². The van der Waals surface area contributed by atoms with Gasteiger partial charge < -0.3 is 24.8 Å². The number of likely N-dealkylation sites (tertiary alicyclic amines) is 2. The van der Waals surface area contributed by atoms with E-state index in [4.69, 9.17) is 9.47 Å². The van der Waals surface area contributed by atoms with Crippen LogP contribution in [0.15, 0.2) is 103 Å². The van der Waals surface area contributed by atoms with E-state index in [0.717, 1.165) is 53.0 Å². The monoisotopic (exact) mass is 659 g/mol. The van der Waals surface area contributed by atoms with Crippen LogP contribution in [0, 0.1) is 5.92 Å². The number of aliphatic hydroxyl groups excluding tert-OH is 1. The first-order valence-corrected chi connectivity index (χ1v) is 18.0. The van der Waals surface area contributed by atoms with E-state index in [1.807, 2.05) is 54.6 Å². The van der Waals surface area contributed by atoms with Crippen molar-refractivity contribution < 1.29 is 19.4 Å². The second-order valence-corrected chi connectivity index (χ2v) is 13.9. The van der Waals surface area contributed by atoms with E-state index in [0.29, 0.717) is 18.2 Å². The number of carbonyl (C=O) groups excluding carboxylic acids is 1. The van der Waals surface area contributed by atoms with Crippen LogP contribution in [0.5, 0.6) is 0 Å². The maximum atomic E-state index is 12.7. The lowest BCUT2D eigenvalue weighted by molar-refractivity contribution is -0.276. The van der Waals surface area contributed by atoms with Crippen LogP contribution in [0.1, 0.15) is 77.6 Å². The molecule has 0 bridgehead atoms. The highest BCUT2D eigenvalue weighted by Crippen LogP contribution is 2.42. The molecule has 1 amide bonds. The maximum Gasteiger partial charge on any atom is 0.251 e. The molecule has 2 N–H and O–H groups in total. The van der Waals surface area contributed by atoms with Crippen LogP contribution in [0.4, 0.5) is 0 Å². The largest absolute Gasteiger partial charge is 0.392 e. The third kappa shape index (κ3) is 7.98. The summed E-state index contributed by atoms with van der Waals surface area (Å²) >= 11 is 0. The van der Waals surface area contributed by atoms with Crippen LogP contribution in [-0.2, 0) is 22.6 Å². The van der Waals surface area contributed by atoms with Gasteiger partial charge in [0.1, 0.15) is 0 Å². The van der Waals surface area contributed by atoms with Gasteiger partial charge in [0.25, 0.3) is 5.91 Å². The molecule has 4 aromatic rings. The zero-order valence-corrected chi connectivity index (χ0v) is 28.5. The smallest absolute Gasteiger partial charge is 0.251 e. The van der Waals surface area contributed by atoms with Crippen molar-refractivity contribution in [2.24, 2.45) is 5.92 Å². The fourth-order valence-corrected chi connectivity index (χ4v) is 7.81. The molecular weight excluding hydrogens is 610 g/mol. The molecule has 7 nitrogen and oxygen atoms in total. The Bertz CT molecular complexity index is 1660. The second-order valence-electron chi connectivity index (χ2n) is 13.9. The van der Waals surface area contributed by atoms with E-state index in [9.17, 15) is 9.90 Å². The van der Waals surface area contributed by atoms with Gasteiger partial charge in [-0.05, 0) is 85.3 Å². The van der Waals surface area contributed by atoms with Crippen LogP contribution in [-0.4, -0.2) is 65.7 Å². The molecule has 256 valence electrons. The zero-order valence-electron chi connectivity index (χ0n) is 28.5. The van der Waals surface area contributed by atoms with E-state index >= 15 is 0 Å². The van der Waals surface area contributed by atoms with Crippen molar-refractivity contribution in [2.75, 3.05) is 32.7 Å². The van der Waals surface area contributed by atoms with Gasteiger partial charge in [-0.15, -0.1) is 0 Å². The van der Waals surface area contributed by atoms with Crippen molar-refractivity contribution >= 4 is 5.91 Å². The summed E-state index contributed by atoms with van der Waals surface area (Å²) in [6.07, 6.45) is 4.50. The molecule has 49 heavy (non-hydrogen) atoms. The Morgan fingerprint density at radius 3 is 2.27 bits per heavy atom. The summed E-state index contributed by atoms with van der Waals surface area (Å²) < 4.78 is 13.7. The van der Waals surface area contributed by atoms with E-state index in [-0.39, 0.29) is 30.6 Å². The summed E-state index contributed by atoms with van der Waals surface area (Å²) in [4.78, 5) is 18.1. The highest BCUT2D eigenvalue weighted by Gasteiger charge is 2.40. The number of hydrogen-bond acceptors (Lipinski definition) is 6. The van der Waals surface area contributed by atoms with Crippen LogP contribution >= 0.6 is 0 Å². The molecule has 3 fully saturated rings. The van der Waals surface area contributed by atoms with E-state index in [1.165, 1.54) is 38.8 Å². The van der Waals surface area contributed by atoms with Gasteiger partial charge in [-0.3, -0.25) is 9.69 Å². The zero-order chi connectivity index (χ0) is 33.6. The SMILES string of the molecule is CC1C(CN2CCCC2CN2CCCC2)OC(c2ccc(-c3ccccc3CNC(=O)c3ccccc3)cc2)OC1c1ccc(CO)cc1. The number of ether oxygens (including phenoxy) is 2. The number of benzene rings is 4. The minimum atomic E-state index is -0.502. The van der Waals surface area contributed by atoms with Crippen molar-refractivity contribution in [3.8, 4) is 11.1 Å². The molecule has 7 rings (SSSR count). The molecule has 0 spiro atoms. The maximum absolute atomic E-state index is 12.7. The normalized spacial score (nSPS) is 24.7. The Hall–Kier alpha value is -3.85. The molecule has 4 aromatic carbocycles. The lowest BCUT2D eigenvalue weighted by Gasteiger charge is -2.43. The van der Waals surface area contributed by atoms with Crippen molar-refractivity contribution in [1.82, 2.24) is 15.1 Å². The molecule has 3 aliphatic heterocycles. The molecule has 3 aliphatic rings. The van der Waals surface area contributed by atoms with E-state index < -0.39 is 6.29 Å². The molecule has 0 aliphatic carbocycles. The highest BCUT2D eigenvalue weighted by molar-refractivity contribution is 5.94. The number of hydrogen-bond donors (Lipinski definition) is 2. The first kappa shape index (κ1) is 33.6. The van der Waals surface area contributed by atoms with Crippen LogP contribution < -0.4 is 5.32 Å². The summed E-state index contributed by atoms with van der Waals surface area (Å²) in [6, 6.07) is 34.8. The topological polar surface area (TPSA) is 74.3 Å². The van der Waals surface area contributed by atoms with E-state index in [1.54, 1.807) is 0 Å². The Kier molecular flexibility index (Phi) is 10.8. The van der Waals surface area contributed by atoms with Gasteiger partial charge in [0.15, 0.2) is 6.29 Å². The van der Waals surface area contributed by atoms with Crippen LogP contribution in [0.3, 0.4) is 0 Å². The number of nitrogens with one attached hydrogen (secondary N) is 1. The van der Waals surface area contributed by atoms with Crippen LogP contribution in [0.25, 0.3) is 11.1 Å². The van der Waals surface area contributed by atoms with Gasteiger partial charge in [0.05, 0.1) is 18.8 Å². The number of carbonyl (C=O) groups is 1. The number of rotatable bonds is 11. The predicted octanol–water partition coefficient (Wildman–Crippen LogP) is 7.13. The molecule has 0 aromatic heterocycles. The number of aliphatic hydroxyl groups is 1. The number of nitrogens with zero attached hydrogens (tertiary/aromatic N) is 2. The Labute approximate surface area is 290 Å². The average Bonchev–Trinajstić information content (AvgIpc) is 3.84. The van der Waals surface area contributed by atoms with Gasteiger partial charge in [-0.1, -0.05) is 97.9 Å². The fraction of sp³-hybridized carbons (Fsp3) is 0.405. The Morgan fingerprint density at radius 1 is 0.796 bits per heavy atom. The van der Waals surface area contributed by atoms with Gasteiger partial charge >= 0.3 is 0 Å². The molecule has 5 atom stereocenters. The molecule has 3 heterocycles. The molecule has 0 radical (unpaired) electrons. The van der Waals surface area contributed by atoms with Gasteiger partial charge in [-0.2, -0.15) is 0 Å². The Morgan fingerprint density at radius 2 is 1.51 bits per heavy atom. The summed E-state index contributed by atoms with van der Waals surface area (Å²) in [5, 5.41) is 12.7. The highest BCUT2D eigenvalue weighted by atomic mass is 16.7. The predicted molar refractivity (Wildman–Crippen MR) is 193 cm³/mol. The van der Waals surface area contributed by atoms with Gasteiger partial charge in [0, 0.05) is 42.7 Å². The molecular formula is C42H49N3O4. The first-order chi connectivity index (χ1) is 24.1. The molecule has 0 saturated carbocycles. The van der Waals surface area contributed by atoms with Gasteiger partial charge in [0.2, 0.25) is 0 Å². The number of amides is 1. The van der Waals surface area contributed by atoms with Crippen molar-refractivity contribution in [1.29, 1.82) is 0 Å². The summed E-state index contributed by atoms with van der Waals surface area (Å²) in [6.45, 7) is 8.34. The minimum absolute atomic E-state index is 0.00840. The standard InChI is InChI=1S/C42H49N3O4/c1-30-39(28-45-25-9-13-37(45)27-44-23-7-8-24-44)48-42(49-40(30)33-17-15-31(29-46)16-18-33)35-21-19-32(20-22-35)38-14-6-5-12-36(38)26-43-41(47)34-10-3-2-4-11-34/h2-6,10-12,14-22,30,37,39-40,42,46H,7-9,13,23-29H2,1H3,(H,43,47). The quantitative estimate of drug-likeness (QED) is 0.179. The second kappa shape index (κ2) is 15.8. The first-order valence-electron chi connectivity index (χ1n) is 18.0. The summed E-state index contributed by atoms with van der Waals surface area (Å²) in [5.41, 5.74) is 6.86. The van der Waals surface area contributed by atoms with Crippen LogP contribution in [0.2, 0.25) is 0 Å². The van der Waals surface area contributed by atoms with Crippen molar-refractivity contribution in [2.45, 2.75) is 70.3 Å². The van der Waals surface area contributed by atoms with Crippen molar-refractivity contribution in [3.63, 3.8) is 0 Å². The van der Waals surface area contributed by atoms with Crippen molar-refractivity contribution in [3.05, 3.63) is 131 Å². The minimum Gasteiger partial charge on any atom is -0.392 e. The third-order valence-corrected chi connectivity index (χ3v) is 10.7. The Balaban J connectivity index is 1.09. The molecule has 3 saturated heterocycles. The lowest BCUT2D eigenvalue weighted by Crippen LogP contribution is -2.48. The summed E-state index contributed by atoms with van der Waals surface area (Å²) in [7, 11) is 0. The third-order valence-electron chi connectivity index (χ3n) is 10.7. The lowest BCUT2D eigenvalue weighted by atomic mass is 9.89. The molecule has 5 unspecified atom stereocenters.